The number of rotatable bonds is 8. The van der Waals surface area contributed by atoms with E-state index < -0.39 is 28.1 Å². The fraction of sp³-hybridized carbons (Fsp3) is 0.441. The lowest BCUT2D eigenvalue weighted by molar-refractivity contribution is -0.0149. The van der Waals surface area contributed by atoms with Crippen molar-refractivity contribution in [2.24, 2.45) is 5.92 Å². The third-order valence-corrected chi connectivity index (χ3v) is 9.80. The number of carbonyl (C=O) groups excluding carboxylic acids is 2. The first kappa shape index (κ1) is 36.1. The van der Waals surface area contributed by atoms with E-state index in [1.54, 1.807) is 60.4 Å². The average molecular weight is 687 g/mol. The van der Waals surface area contributed by atoms with Crippen LogP contribution >= 0.6 is 11.6 Å². The van der Waals surface area contributed by atoms with Gasteiger partial charge in [-0.1, -0.05) is 18.5 Å². The Bertz CT molecular complexity index is 1610. The lowest BCUT2D eigenvalue weighted by Gasteiger charge is -2.36. The van der Waals surface area contributed by atoms with E-state index in [2.05, 4.69) is 9.71 Å². The zero-order chi connectivity index (χ0) is 34.1. The molecule has 4 atom stereocenters. The standard InChI is InChI=1S/C34H43ClN4O7S/c1-23-20-39(24(2)22-40)34(42)30-19-28(37-47(43,44)29-11-8-27(35)9-12-29)10-13-31(30)46-25(3)7-5-6-18-45-32(23)21-38(4)33(41)26-14-16-36-17-15-26/h8-17,19,23-25,32,37,40H,5-7,18,20-22H2,1-4H3/t23-,24+,25+,32+/m1/s1. The molecule has 1 aromatic heterocycles. The Labute approximate surface area is 281 Å². The fourth-order valence-electron chi connectivity index (χ4n) is 5.34. The van der Waals surface area contributed by atoms with Crippen LogP contribution in [0.2, 0.25) is 5.02 Å². The Morgan fingerprint density at radius 3 is 2.51 bits per heavy atom. The lowest BCUT2D eigenvalue weighted by atomic mass is 10.0. The number of hydrogen-bond donors (Lipinski definition) is 2. The molecule has 3 aromatic rings. The number of pyridine rings is 1. The highest BCUT2D eigenvalue weighted by molar-refractivity contribution is 7.92. The van der Waals surface area contributed by atoms with Crippen LogP contribution in [-0.2, 0) is 14.8 Å². The maximum atomic E-state index is 14.3. The minimum absolute atomic E-state index is 0.0148. The quantitative estimate of drug-likeness (QED) is 0.334. The van der Waals surface area contributed by atoms with Crippen molar-refractivity contribution in [2.75, 3.05) is 38.1 Å². The van der Waals surface area contributed by atoms with Crippen molar-refractivity contribution in [3.05, 3.63) is 83.1 Å². The number of fused-ring (bicyclic) bond motifs is 1. The van der Waals surface area contributed by atoms with Gasteiger partial charge in [-0.15, -0.1) is 0 Å². The van der Waals surface area contributed by atoms with Crippen LogP contribution in [0.4, 0.5) is 5.69 Å². The molecule has 0 saturated heterocycles. The van der Waals surface area contributed by atoms with Gasteiger partial charge in [-0.25, -0.2) is 8.42 Å². The average Bonchev–Trinajstić information content (AvgIpc) is 3.06. The van der Waals surface area contributed by atoms with Crippen LogP contribution in [0.1, 0.15) is 60.7 Å². The smallest absolute Gasteiger partial charge is 0.261 e. The Balaban J connectivity index is 1.66. The van der Waals surface area contributed by atoms with Crippen molar-refractivity contribution >= 4 is 39.1 Å². The van der Waals surface area contributed by atoms with Gasteiger partial charge in [-0.05, 0) is 87.7 Å². The summed E-state index contributed by atoms with van der Waals surface area (Å²) in [6.07, 6.45) is 4.75. The van der Waals surface area contributed by atoms with Gasteiger partial charge in [0.05, 0.1) is 35.3 Å². The molecule has 47 heavy (non-hydrogen) atoms. The molecule has 0 saturated carbocycles. The Morgan fingerprint density at radius 1 is 1.13 bits per heavy atom. The summed E-state index contributed by atoms with van der Waals surface area (Å²) in [5, 5.41) is 10.6. The van der Waals surface area contributed by atoms with Crippen LogP contribution in [0.5, 0.6) is 5.75 Å². The van der Waals surface area contributed by atoms with Gasteiger partial charge in [0, 0.05) is 61.3 Å². The SMILES string of the molecule is C[C@@H]1CN([C@@H](C)CO)C(=O)c2cc(NS(=O)(=O)c3ccc(Cl)cc3)ccc2O[C@@H](C)CCCCO[C@H]1CN(C)C(=O)c1ccncc1. The number of aliphatic hydroxyl groups excluding tert-OH is 1. The summed E-state index contributed by atoms with van der Waals surface area (Å²) in [5.74, 6) is -0.552. The topological polar surface area (TPSA) is 138 Å². The number of aliphatic hydroxyl groups is 1. The van der Waals surface area contributed by atoms with Crippen LogP contribution in [-0.4, -0.2) is 91.7 Å². The second-order valence-electron chi connectivity index (χ2n) is 12.0. The summed E-state index contributed by atoms with van der Waals surface area (Å²) in [7, 11) is -2.28. The molecular weight excluding hydrogens is 644 g/mol. The summed E-state index contributed by atoms with van der Waals surface area (Å²) in [5.41, 5.74) is 0.835. The normalized spacial score (nSPS) is 20.3. The number of halogens is 1. The van der Waals surface area contributed by atoms with Gasteiger partial charge in [0.1, 0.15) is 5.75 Å². The van der Waals surface area contributed by atoms with Crippen LogP contribution in [0.15, 0.2) is 71.9 Å². The molecule has 2 aromatic carbocycles. The maximum Gasteiger partial charge on any atom is 0.261 e. The highest BCUT2D eigenvalue weighted by Gasteiger charge is 2.31. The van der Waals surface area contributed by atoms with Gasteiger partial charge in [0.25, 0.3) is 21.8 Å². The highest BCUT2D eigenvalue weighted by Crippen LogP contribution is 2.30. The molecule has 1 aliphatic rings. The molecule has 1 aliphatic heterocycles. The molecule has 0 spiro atoms. The Morgan fingerprint density at radius 2 is 1.83 bits per heavy atom. The number of amides is 2. The first-order valence-corrected chi connectivity index (χ1v) is 17.5. The zero-order valence-electron chi connectivity index (χ0n) is 27.1. The van der Waals surface area contributed by atoms with E-state index in [-0.39, 0.29) is 53.8 Å². The summed E-state index contributed by atoms with van der Waals surface area (Å²) in [6.45, 7) is 6.23. The second-order valence-corrected chi connectivity index (χ2v) is 14.1. The van der Waals surface area contributed by atoms with Crippen molar-refractivity contribution in [1.29, 1.82) is 0 Å². The molecule has 0 fully saturated rings. The van der Waals surface area contributed by atoms with Crippen LogP contribution < -0.4 is 9.46 Å². The molecule has 0 unspecified atom stereocenters. The molecule has 2 amide bonds. The number of likely N-dealkylation sites (N-methyl/N-ethyl adjacent to an activating group) is 1. The maximum absolute atomic E-state index is 14.3. The molecule has 11 nitrogen and oxygen atoms in total. The number of nitrogens with one attached hydrogen (secondary N) is 1. The molecule has 13 heteroatoms. The predicted octanol–water partition coefficient (Wildman–Crippen LogP) is 5.10. The zero-order valence-corrected chi connectivity index (χ0v) is 28.7. The first-order chi connectivity index (χ1) is 22.4. The van der Waals surface area contributed by atoms with Crippen molar-refractivity contribution in [2.45, 2.75) is 63.2 Å². The van der Waals surface area contributed by atoms with E-state index in [9.17, 15) is 23.1 Å². The summed E-state index contributed by atoms with van der Waals surface area (Å²) in [6, 6.07) is 13.1. The number of nitrogens with zero attached hydrogens (tertiary/aromatic N) is 3. The van der Waals surface area contributed by atoms with E-state index in [1.807, 2.05) is 13.8 Å². The number of aromatic nitrogens is 1. The third-order valence-electron chi connectivity index (χ3n) is 8.16. The molecule has 4 rings (SSSR count). The predicted molar refractivity (Wildman–Crippen MR) is 180 cm³/mol. The van der Waals surface area contributed by atoms with Crippen LogP contribution in [0, 0.1) is 5.92 Å². The monoisotopic (exact) mass is 686 g/mol. The number of benzene rings is 2. The van der Waals surface area contributed by atoms with Gasteiger partial charge in [0.15, 0.2) is 0 Å². The number of hydrogen-bond acceptors (Lipinski definition) is 8. The molecule has 0 radical (unpaired) electrons. The number of sulfonamides is 1. The first-order valence-electron chi connectivity index (χ1n) is 15.7. The molecule has 254 valence electrons. The minimum Gasteiger partial charge on any atom is -0.490 e. The second kappa shape index (κ2) is 16.4. The van der Waals surface area contributed by atoms with Crippen LogP contribution in [0.3, 0.4) is 0 Å². The molecule has 0 bridgehead atoms. The van der Waals surface area contributed by atoms with Gasteiger partial charge in [-0.2, -0.15) is 0 Å². The molecule has 2 N–H and O–H groups in total. The summed E-state index contributed by atoms with van der Waals surface area (Å²) < 4.78 is 41.5. The van der Waals surface area contributed by atoms with E-state index in [0.717, 1.165) is 12.8 Å². The van der Waals surface area contributed by atoms with Gasteiger partial charge in [-0.3, -0.25) is 19.3 Å². The molecule has 0 aliphatic carbocycles. The number of anilines is 1. The van der Waals surface area contributed by atoms with Crippen molar-refractivity contribution in [1.82, 2.24) is 14.8 Å². The Hall–Kier alpha value is -3.71. The minimum atomic E-state index is -3.99. The lowest BCUT2D eigenvalue weighted by Crippen LogP contribution is -2.48. The van der Waals surface area contributed by atoms with Crippen molar-refractivity contribution in [3.8, 4) is 5.75 Å². The largest absolute Gasteiger partial charge is 0.490 e. The highest BCUT2D eigenvalue weighted by atomic mass is 35.5. The molecular formula is C34H43ClN4O7S. The summed E-state index contributed by atoms with van der Waals surface area (Å²) in [4.78, 5) is 34.6. The summed E-state index contributed by atoms with van der Waals surface area (Å²) >= 11 is 5.94. The van der Waals surface area contributed by atoms with Crippen molar-refractivity contribution < 1.29 is 32.6 Å². The van der Waals surface area contributed by atoms with E-state index >= 15 is 0 Å². The van der Waals surface area contributed by atoms with E-state index in [1.165, 1.54) is 30.3 Å². The third kappa shape index (κ3) is 9.66. The van der Waals surface area contributed by atoms with Gasteiger partial charge < -0.3 is 24.4 Å². The van der Waals surface area contributed by atoms with Gasteiger partial charge in [0.2, 0.25) is 0 Å². The van der Waals surface area contributed by atoms with E-state index in [4.69, 9.17) is 21.1 Å². The van der Waals surface area contributed by atoms with Crippen LogP contribution in [0.25, 0.3) is 0 Å². The fourth-order valence-corrected chi connectivity index (χ4v) is 6.52. The Kier molecular flexibility index (Phi) is 12.6. The number of carbonyl (C=O) groups is 2. The van der Waals surface area contributed by atoms with Gasteiger partial charge >= 0.3 is 0 Å². The number of ether oxygens (including phenoxy) is 2. The van der Waals surface area contributed by atoms with Crippen molar-refractivity contribution in [3.63, 3.8) is 0 Å². The van der Waals surface area contributed by atoms with E-state index in [0.29, 0.717) is 29.4 Å². The molecule has 2 heterocycles.